The minimum absolute atomic E-state index is 0.152. The van der Waals surface area contributed by atoms with E-state index in [-0.39, 0.29) is 17.7 Å². The molecule has 5 rings (SSSR count). The fourth-order valence-electron chi connectivity index (χ4n) is 4.48. The predicted octanol–water partition coefficient (Wildman–Crippen LogP) is 5.11. The van der Waals surface area contributed by atoms with Crippen LogP contribution in [0.2, 0.25) is 0 Å². The van der Waals surface area contributed by atoms with Crippen LogP contribution in [0.3, 0.4) is 0 Å². The molecule has 5 nitrogen and oxygen atoms in total. The van der Waals surface area contributed by atoms with Gasteiger partial charge in [0.05, 0.1) is 11.6 Å². The van der Waals surface area contributed by atoms with Crippen molar-refractivity contribution < 1.29 is 23.5 Å². The number of nitrogens with one attached hydrogen (secondary N) is 1. The summed E-state index contributed by atoms with van der Waals surface area (Å²) in [6.07, 6.45) is 2.30. The van der Waals surface area contributed by atoms with E-state index in [1.54, 1.807) is 6.07 Å². The minimum atomic E-state index is -0.981. The third kappa shape index (κ3) is 3.75. The highest BCUT2D eigenvalue weighted by atomic mass is 19.1. The van der Waals surface area contributed by atoms with E-state index in [4.69, 9.17) is 0 Å². The molecule has 1 amide bonds. The number of hydrogen-bond acceptors (Lipinski definition) is 3. The van der Waals surface area contributed by atoms with Crippen LogP contribution in [0.5, 0.6) is 0 Å². The Labute approximate surface area is 194 Å². The fraction of sp³-hybridized carbons (Fsp3) is 0.111. The van der Waals surface area contributed by atoms with E-state index in [1.165, 1.54) is 35.2 Å². The number of fused-ring (bicyclic) bond motifs is 1. The molecule has 3 aromatic carbocycles. The van der Waals surface area contributed by atoms with Crippen LogP contribution in [0.4, 0.5) is 8.78 Å². The first-order valence-electron chi connectivity index (χ1n) is 10.8. The van der Waals surface area contributed by atoms with E-state index < -0.39 is 35.1 Å². The van der Waals surface area contributed by atoms with Crippen LogP contribution in [0, 0.1) is 11.6 Å². The van der Waals surface area contributed by atoms with Crippen molar-refractivity contribution in [1.29, 1.82) is 0 Å². The summed E-state index contributed by atoms with van der Waals surface area (Å²) in [6.45, 7) is 0.174. The number of rotatable bonds is 5. The van der Waals surface area contributed by atoms with Gasteiger partial charge in [0.25, 0.3) is 11.7 Å². The molecule has 0 saturated carbocycles. The highest BCUT2D eigenvalue weighted by Crippen LogP contribution is 2.39. The molecule has 1 unspecified atom stereocenters. The molecule has 0 aliphatic carbocycles. The van der Waals surface area contributed by atoms with Crippen LogP contribution < -0.4 is 0 Å². The summed E-state index contributed by atoms with van der Waals surface area (Å²) in [7, 11) is 0. The highest BCUT2D eigenvalue weighted by molar-refractivity contribution is 6.46. The Morgan fingerprint density at radius 3 is 2.47 bits per heavy atom. The standard InChI is InChI=1S/C27H20F2N2O3/c28-19-10-8-16(9-11-19)25(32)23-24(17-4-3-5-20(29)14-17)31(27(34)26(23)33)13-12-18-15-30-22-7-2-1-6-21(18)22/h1-11,14-15,24,30,32H,12-13H2. The number of aliphatic hydroxyl groups excluding tert-OH is 1. The predicted molar refractivity (Wildman–Crippen MR) is 124 cm³/mol. The molecule has 1 aliphatic heterocycles. The van der Waals surface area contributed by atoms with E-state index in [9.17, 15) is 23.5 Å². The Balaban J connectivity index is 1.57. The molecule has 34 heavy (non-hydrogen) atoms. The molecule has 170 valence electrons. The summed E-state index contributed by atoms with van der Waals surface area (Å²) in [5.41, 5.74) is 2.33. The molecule has 7 heteroatoms. The quantitative estimate of drug-likeness (QED) is 0.248. The third-order valence-electron chi connectivity index (χ3n) is 6.12. The molecule has 1 aliphatic rings. The number of hydrogen-bond donors (Lipinski definition) is 2. The van der Waals surface area contributed by atoms with E-state index in [0.717, 1.165) is 28.6 Å². The van der Waals surface area contributed by atoms with Gasteiger partial charge in [0, 0.05) is 29.2 Å². The third-order valence-corrected chi connectivity index (χ3v) is 6.12. The number of para-hydroxylation sites is 1. The monoisotopic (exact) mass is 458 g/mol. The maximum absolute atomic E-state index is 14.1. The molecule has 1 saturated heterocycles. The summed E-state index contributed by atoms with van der Waals surface area (Å²) < 4.78 is 27.5. The van der Waals surface area contributed by atoms with Crippen molar-refractivity contribution in [3.05, 3.63) is 113 Å². The van der Waals surface area contributed by atoms with Gasteiger partial charge >= 0.3 is 0 Å². The van der Waals surface area contributed by atoms with Gasteiger partial charge in [0.2, 0.25) is 0 Å². The number of aromatic amines is 1. The van der Waals surface area contributed by atoms with Gasteiger partial charge in [0.15, 0.2) is 0 Å². The summed E-state index contributed by atoms with van der Waals surface area (Å²) in [4.78, 5) is 30.7. The van der Waals surface area contributed by atoms with Gasteiger partial charge in [-0.1, -0.05) is 30.3 Å². The fourth-order valence-corrected chi connectivity index (χ4v) is 4.48. The van der Waals surface area contributed by atoms with Crippen molar-refractivity contribution in [2.24, 2.45) is 0 Å². The first-order chi connectivity index (χ1) is 16.4. The highest BCUT2D eigenvalue weighted by Gasteiger charge is 2.46. The number of likely N-dealkylation sites (tertiary alicyclic amines) is 1. The Hall–Kier alpha value is -4.26. The molecule has 0 bridgehead atoms. The smallest absolute Gasteiger partial charge is 0.295 e. The van der Waals surface area contributed by atoms with Crippen LogP contribution in [0.15, 0.2) is 84.6 Å². The topological polar surface area (TPSA) is 73.4 Å². The molecule has 0 radical (unpaired) electrons. The zero-order valence-corrected chi connectivity index (χ0v) is 18.0. The molecule has 1 fully saturated rings. The number of carbonyl (C=O) groups excluding carboxylic acids is 2. The van der Waals surface area contributed by atoms with Gasteiger partial charge in [-0.3, -0.25) is 9.59 Å². The van der Waals surface area contributed by atoms with Crippen LogP contribution in [0.25, 0.3) is 16.7 Å². The number of Topliss-reactive ketones (excluding diaryl/α,β-unsaturated/α-hetero) is 1. The molecule has 1 aromatic heterocycles. The van der Waals surface area contributed by atoms with Crippen molar-refractivity contribution in [2.45, 2.75) is 12.5 Å². The minimum Gasteiger partial charge on any atom is -0.507 e. The number of carbonyl (C=O) groups is 2. The Kier molecular flexibility index (Phi) is 5.45. The lowest BCUT2D eigenvalue weighted by molar-refractivity contribution is -0.139. The van der Waals surface area contributed by atoms with Gasteiger partial charge in [-0.15, -0.1) is 0 Å². The molecule has 2 heterocycles. The first kappa shape index (κ1) is 21.6. The zero-order chi connectivity index (χ0) is 23.8. The Bertz CT molecular complexity index is 1440. The summed E-state index contributed by atoms with van der Waals surface area (Å²) in [6, 6.07) is 17.3. The maximum Gasteiger partial charge on any atom is 0.295 e. The Morgan fingerprint density at radius 2 is 1.71 bits per heavy atom. The summed E-state index contributed by atoms with van der Waals surface area (Å²) in [5, 5.41) is 12.0. The zero-order valence-electron chi connectivity index (χ0n) is 18.0. The van der Waals surface area contributed by atoms with Crippen LogP contribution >= 0.6 is 0 Å². The maximum atomic E-state index is 14.1. The Morgan fingerprint density at radius 1 is 0.941 bits per heavy atom. The first-order valence-corrected chi connectivity index (χ1v) is 10.8. The lowest BCUT2D eigenvalue weighted by Crippen LogP contribution is -2.31. The second-order valence-electron chi connectivity index (χ2n) is 8.16. The van der Waals surface area contributed by atoms with Gasteiger partial charge < -0.3 is 15.0 Å². The van der Waals surface area contributed by atoms with E-state index in [2.05, 4.69) is 4.98 Å². The summed E-state index contributed by atoms with van der Waals surface area (Å²) >= 11 is 0. The second-order valence-corrected chi connectivity index (χ2v) is 8.16. The number of aromatic nitrogens is 1. The number of amides is 1. The number of aliphatic hydroxyl groups is 1. The summed E-state index contributed by atoms with van der Waals surface area (Å²) in [5.74, 6) is -3.10. The molecular formula is C27H20F2N2O3. The van der Waals surface area contributed by atoms with Gasteiger partial charge in [-0.2, -0.15) is 0 Å². The van der Waals surface area contributed by atoms with Crippen molar-refractivity contribution in [3.63, 3.8) is 0 Å². The van der Waals surface area contributed by atoms with Crippen molar-refractivity contribution >= 4 is 28.4 Å². The van der Waals surface area contributed by atoms with Crippen molar-refractivity contribution in [1.82, 2.24) is 9.88 Å². The van der Waals surface area contributed by atoms with Gasteiger partial charge in [-0.05, 0) is 60.0 Å². The number of ketones is 1. The van der Waals surface area contributed by atoms with Gasteiger partial charge in [0.1, 0.15) is 17.4 Å². The molecule has 4 aromatic rings. The van der Waals surface area contributed by atoms with Gasteiger partial charge in [-0.25, -0.2) is 8.78 Å². The van der Waals surface area contributed by atoms with E-state index in [0.29, 0.717) is 12.0 Å². The molecule has 2 N–H and O–H groups in total. The normalized spacial score (nSPS) is 17.6. The largest absolute Gasteiger partial charge is 0.507 e. The van der Waals surface area contributed by atoms with E-state index >= 15 is 0 Å². The lowest BCUT2D eigenvalue weighted by Gasteiger charge is -2.25. The molecular weight excluding hydrogens is 438 g/mol. The SMILES string of the molecule is O=C1C(=O)N(CCc2c[nH]c3ccccc23)C(c2cccc(F)c2)C1=C(O)c1ccc(F)cc1. The average Bonchev–Trinajstić information content (AvgIpc) is 3.36. The number of benzene rings is 3. The number of halogens is 2. The average molecular weight is 458 g/mol. The lowest BCUT2D eigenvalue weighted by atomic mass is 9.95. The van der Waals surface area contributed by atoms with Crippen LogP contribution in [-0.2, 0) is 16.0 Å². The van der Waals surface area contributed by atoms with Crippen LogP contribution in [-0.4, -0.2) is 33.2 Å². The molecule has 1 atom stereocenters. The van der Waals surface area contributed by atoms with Crippen molar-refractivity contribution in [3.8, 4) is 0 Å². The molecule has 0 spiro atoms. The van der Waals surface area contributed by atoms with Crippen LogP contribution in [0.1, 0.15) is 22.7 Å². The van der Waals surface area contributed by atoms with Crippen molar-refractivity contribution in [2.75, 3.05) is 6.54 Å². The number of nitrogens with zero attached hydrogens (tertiary/aromatic N) is 1. The van der Waals surface area contributed by atoms with E-state index in [1.807, 2.05) is 30.5 Å². The second kappa shape index (κ2) is 8.59. The number of H-pyrrole nitrogens is 1.